The van der Waals surface area contributed by atoms with Gasteiger partial charge in [0.25, 0.3) is 5.91 Å². The van der Waals surface area contributed by atoms with E-state index in [0.29, 0.717) is 26.9 Å². The van der Waals surface area contributed by atoms with Crippen LogP contribution in [0.1, 0.15) is 33.8 Å². The van der Waals surface area contributed by atoms with Crippen molar-refractivity contribution in [3.63, 3.8) is 0 Å². The molecule has 4 nitrogen and oxygen atoms in total. The van der Waals surface area contributed by atoms with Gasteiger partial charge in [-0.1, -0.05) is 11.6 Å². The van der Waals surface area contributed by atoms with Crippen molar-refractivity contribution in [2.24, 2.45) is 0 Å². The van der Waals surface area contributed by atoms with Crippen molar-refractivity contribution in [2.75, 3.05) is 0 Å². The summed E-state index contributed by atoms with van der Waals surface area (Å²) < 4.78 is 0. The number of thiophene rings is 1. The maximum atomic E-state index is 12.1. The van der Waals surface area contributed by atoms with Gasteiger partial charge in [-0.15, -0.1) is 11.3 Å². The van der Waals surface area contributed by atoms with Gasteiger partial charge >= 0.3 is 0 Å². The zero-order valence-electron chi connectivity index (χ0n) is 9.57. The molecule has 94 valence electrons. The standard InChI is InChI=1S/C12H12ClN3OS/c13-7-4-10(18-11(7)5-14)12(17)16-9-3-6-1-2-8(9)15-6/h4,6,8-9,15H,1-3H2,(H,16,17). The summed E-state index contributed by atoms with van der Waals surface area (Å²) in [6, 6.07) is 4.73. The molecule has 0 aromatic carbocycles. The maximum Gasteiger partial charge on any atom is 0.261 e. The summed E-state index contributed by atoms with van der Waals surface area (Å²) in [7, 11) is 0. The van der Waals surface area contributed by atoms with E-state index < -0.39 is 0 Å². The van der Waals surface area contributed by atoms with E-state index in [4.69, 9.17) is 16.9 Å². The second-order valence-electron chi connectivity index (χ2n) is 4.76. The van der Waals surface area contributed by atoms with Crippen LogP contribution in [0.3, 0.4) is 0 Å². The van der Waals surface area contributed by atoms with Crippen molar-refractivity contribution >= 4 is 28.8 Å². The molecule has 3 atom stereocenters. The summed E-state index contributed by atoms with van der Waals surface area (Å²) >= 11 is 7.01. The van der Waals surface area contributed by atoms with Gasteiger partial charge in [-0.25, -0.2) is 0 Å². The number of halogens is 1. The van der Waals surface area contributed by atoms with Crippen LogP contribution in [0.25, 0.3) is 0 Å². The molecule has 3 unspecified atom stereocenters. The van der Waals surface area contributed by atoms with Crippen molar-refractivity contribution in [3.05, 3.63) is 20.8 Å². The molecule has 2 saturated heterocycles. The van der Waals surface area contributed by atoms with Crippen LogP contribution in [0.4, 0.5) is 0 Å². The fourth-order valence-electron chi connectivity index (χ4n) is 2.78. The Morgan fingerprint density at radius 1 is 1.61 bits per heavy atom. The highest BCUT2D eigenvalue weighted by atomic mass is 35.5. The molecule has 18 heavy (non-hydrogen) atoms. The molecule has 1 amide bonds. The van der Waals surface area contributed by atoms with Crippen molar-refractivity contribution in [1.29, 1.82) is 5.26 Å². The number of fused-ring (bicyclic) bond motifs is 2. The van der Waals surface area contributed by atoms with Gasteiger partial charge < -0.3 is 10.6 Å². The van der Waals surface area contributed by atoms with Crippen LogP contribution in [0.5, 0.6) is 0 Å². The number of amides is 1. The monoisotopic (exact) mass is 281 g/mol. The fraction of sp³-hybridized carbons (Fsp3) is 0.500. The SMILES string of the molecule is N#Cc1sc(C(=O)NC2CC3CCC2N3)cc1Cl. The van der Waals surface area contributed by atoms with E-state index in [1.54, 1.807) is 6.07 Å². The zero-order chi connectivity index (χ0) is 12.7. The van der Waals surface area contributed by atoms with Crippen molar-refractivity contribution < 1.29 is 4.79 Å². The van der Waals surface area contributed by atoms with Crippen LogP contribution in [0.15, 0.2) is 6.07 Å². The Morgan fingerprint density at radius 3 is 3.00 bits per heavy atom. The predicted octanol–water partition coefficient (Wildman–Crippen LogP) is 1.90. The number of nitriles is 1. The maximum absolute atomic E-state index is 12.1. The highest BCUT2D eigenvalue weighted by molar-refractivity contribution is 7.15. The second kappa shape index (κ2) is 4.54. The zero-order valence-corrected chi connectivity index (χ0v) is 11.1. The lowest BCUT2D eigenvalue weighted by Gasteiger charge is -2.20. The molecule has 3 heterocycles. The van der Waals surface area contributed by atoms with Gasteiger partial charge in [0.05, 0.1) is 9.90 Å². The molecule has 2 bridgehead atoms. The molecule has 2 fully saturated rings. The van der Waals surface area contributed by atoms with Crippen LogP contribution in [-0.2, 0) is 0 Å². The molecule has 2 aliphatic rings. The molecule has 0 spiro atoms. The Bertz CT molecular complexity index is 536. The van der Waals surface area contributed by atoms with E-state index in [0.717, 1.165) is 24.2 Å². The van der Waals surface area contributed by atoms with Crippen LogP contribution in [0.2, 0.25) is 5.02 Å². The summed E-state index contributed by atoms with van der Waals surface area (Å²) in [5, 5.41) is 15.7. The van der Waals surface area contributed by atoms with Crippen LogP contribution in [0, 0.1) is 11.3 Å². The Labute approximate surface area is 114 Å². The second-order valence-corrected chi connectivity index (χ2v) is 6.22. The van der Waals surface area contributed by atoms with Gasteiger partial charge in [-0.05, 0) is 25.3 Å². The molecule has 1 aromatic rings. The summed E-state index contributed by atoms with van der Waals surface area (Å²) in [5.74, 6) is -0.122. The minimum Gasteiger partial charge on any atom is -0.347 e. The molecule has 0 radical (unpaired) electrons. The number of hydrogen-bond donors (Lipinski definition) is 2. The van der Waals surface area contributed by atoms with Gasteiger partial charge in [0.15, 0.2) is 0 Å². The summed E-state index contributed by atoms with van der Waals surface area (Å²) in [6.45, 7) is 0. The van der Waals surface area contributed by atoms with Crippen LogP contribution < -0.4 is 10.6 Å². The highest BCUT2D eigenvalue weighted by Crippen LogP contribution is 2.30. The molecule has 2 N–H and O–H groups in total. The minimum absolute atomic E-state index is 0.122. The first kappa shape index (κ1) is 12.0. The summed E-state index contributed by atoms with van der Waals surface area (Å²) in [5.41, 5.74) is 0. The van der Waals surface area contributed by atoms with E-state index in [2.05, 4.69) is 10.6 Å². The van der Waals surface area contributed by atoms with Gasteiger partial charge in [0, 0.05) is 18.1 Å². The number of carbonyl (C=O) groups excluding carboxylic acids is 1. The van der Waals surface area contributed by atoms with E-state index in [9.17, 15) is 4.79 Å². The molecule has 2 aliphatic heterocycles. The number of carbonyl (C=O) groups is 1. The average molecular weight is 282 g/mol. The Kier molecular flexibility index (Phi) is 3.02. The number of nitrogens with one attached hydrogen (secondary N) is 2. The number of hydrogen-bond acceptors (Lipinski definition) is 4. The van der Waals surface area contributed by atoms with E-state index in [-0.39, 0.29) is 11.9 Å². The fourth-order valence-corrected chi connectivity index (χ4v) is 3.86. The van der Waals surface area contributed by atoms with Crippen LogP contribution in [-0.4, -0.2) is 24.0 Å². The lowest BCUT2D eigenvalue weighted by atomic mass is 9.95. The molecule has 1 aromatic heterocycles. The Morgan fingerprint density at radius 2 is 2.44 bits per heavy atom. The quantitative estimate of drug-likeness (QED) is 0.870. The number of rotatable bonds is 2. The van der Waals surface area contributed by atoms with E-state index in [1.165, 1.54) is 6.42 Å². The lowest BCUT2D eigenvalue weighted by Crippen LogP contribution is -2.42. The molecule has 0 aliphatic carbocycles. The first-order valence-corrected chi connectivity index (χ1v) is 7.13. The van der Waals surface area contributed by atoms with Crippen molar-refractivity contribution in [3.8, 4) is 6.07 Å². The highest BCUT2D eigenvalue weighted by Gasteiger charge is 2.39. The first-order chi connectivity index (χ1) is 8.67. The molecular formula is C12H12ClN3OS. The smallest absolute Gasteiger partial charge is 0.261 e. The Hall–Kier alpha value is -1.09. The first-order valence-electron chi connectivity index (χ1n) is 5.93. The van der Waals surface area contributed by atoms with Gasteiger partial charge in [0.2, 0.25) is 0 Å². The predicted molar refractivity (Wildman–Crippen MR) is 69.9 cm³/mol. The topological polar surface area (TPSA) is 64.9 Å². The normalized spacial score (nSPS) is 29.2. The molecule has 0 saturated carbocycles. The third-order valence-corrected chi connectivity index (χ3v) is 5.08. The minimum atomic E-state index is -0.122. The summed E-state index contributed by atoms with van der Waals surface area (Å²) in [6.07, 6.45) is 3.34. The van der Waals surface area contributed by atoms with Crippen molar-refractivity contribution in [1.82, 2.24) is 10.6 Å². The molecule has 6 heteroatoms. The molecule has 3 rings (SSSR count). The van der Waals surface area contributed by atoms with Gasteiger partial charge in [-0.3, -0.25) is 4.79 Å². The Balaban J connectivity index is 1.70. The largest absolute Gasteiger partial charge is 0.347 e. The van der Waals surface area contributed by atoms with E-state index >= 15 is 0 Å². The number of nitrogens with zero attached hydrogens (tertiary/aromatic N) is 1. The lowest BCUT2D eigenvalue weighted by molar-refractivity contribution is 0.0935. The van der Waals surface area contributed by atoms with E-state index in [1.807, 2.05) is 6.07 Å². The van der Waals surface area contributed by atoms with Crippen molar-refractivity contribution in [2.45, 2.75) is 37.4 Å². The third-order valence-electron chi connectivity index (χ3n) is 3.63. The third kappa shape index (κ3) is 2.01. The van der Waals surface area contributed by atoms with Gasteiger partial charge in [0.1, 0.15) is 10.9 Å². The molecular weight excluding hydrogens is 270 g/mol. The van der Waals surface area contributed by atoms with Crippen LogP contribution >= 0.6 is 22.9 Å². The van der Waals surface area contributed by atoms with Gasteiger partial charge in [-0.2, -0.15) is 5.26 Å². The summed E-state index contributed by atoms with van der Waals surface area (Å²) in [4.78, 5) is 13.0. The average Bonchev–Trinajstić information content (AvgIpc) is 3.03.